The molecule has 0 aromatic carbocycles. The summed E-state index contributed by atoms with van der Waals surface area (Å²) in [5.41, 5.74) is 0. The Morgan fingerprint density at radius 3 is 0.554 bits per heavy atom. The van der Waals surface area contributed by atoms with Crippen LogP contribution in [0.2, 0.25) is 0 Å². The molecule has 34 heteroatoms. The lowest BCUT2D eigenvalue weighted by atomic mass is 9.74. The molecule has 74 heavy (non-hydrogen) atoms. The zero-order valence-corrected chi connectivity index (χ0v) is 38.1. The largest absolute Gasteiger partial charge is 0.460 e. The summed E-state index contributed by atoms with van der Waals surface area (Å²) < 4.78 is 480. The van der Waals surface area contributed by atoms with Crippen LogP contribution in [0.3, 0.4) is 0 Å². The van der Waals surface area contributed by atoms with Gasteiger partial charge in [0.2, 0.25) is 0 Å². The van der Waals surface area contributed by atoms with E-state index in [9.17, 15) is 114 Å². The Balaban J connectivity index is 8.00. The van der Waals surface area contributed by atoms with Gasteiger partial charge in [-0.1, -0.05) is 117 Å². The van der Waals surface area contributed by atoms with Crippen molar-refractivity contribution in [2.45, 2.75) is 238 Å². The molecule has 0 aromatic rings. The number of rotatable bonds is 35. The first-order chi connectivity index (χ1) is 32.6. The van der Waals surface area contributed by atoms with Crippen LogP contribution in [0.4, 0.5) is 149 Å². The summed E-state index contributed by atoms with van der Waals surface area (Å²) >= 11 is 0. The number of hydrogen-bond acceptors (Lipinski definition) is 0. The Morgan fingerprint density at radius 1 is 0.203 bits per heavy atom. The van der Waals surface area contributed by atoms with Gasteiger partial charge in [-0.3, -0.25) is 0 Å². The van der Waals surface area contributed by atoms with Crippen LogP contribution in [0.25, 0.3) is 0 Å². The Kier molecular flexibility index (Phi) is 23.2. The van der Waals surface area contributed by atoms with Gasteiger partial charge in [0.25, 0.3) is 0 Å². The molecule has 0 aromatic heterocycles. The lowest BCUT2D eigenvalue weighted by molar-refractivity contribution is -0.462. The molecule has 0 radical (unpaired) electrons. The van der Waals surface area contributed by atoms with Crippen molar-refractivity contribution >= 4 is 0 Å². The summed E-state index contributed by atoms with van der Waals surface area (Å²) in [4.78, 5) is 0. The van der Waals surface area contributed by atoms with Crippen LogP contribution in [0.5, 0.6) is 0 Å². The van der Waals surface area contributed by atoms with Crippen molar-refractivity contribution in [1.82, 2.24) is 0 Å². The first-order valence-corrected chi connectivity index (χ1v) is 22.0. The van der Waals surface area contributed by atoms with Gasteiger partial charge >= 0.3 is 95.3 Å². The first-order valence-electron chi connectivity index (χ1n) is 22.0. The summed E-state index contributed by atoms with van der Waals surface area (Å²) in [5, 5.41) is 0. The lowest BCUT2D eigenvalue weighted by Crippen LogP contribution is -2.74. The maximum Gasteiger partial charge on any atom is 0.460 e. The highest BCUT2D eigenvalue weighted by atomic mass is 19.4. The SMILES string of the molecule is CCCCCCCCCCC(CC(F)(F)C(F)(F)C(F)(F)C(F)(F)C(F)(F)C(F)(F)C(F)(F)C(F)(F)F)C(CCCCCCCCCC)CC(F)(F)C(F)(F)C(F)(F)C(F)(F)C(F)(F)C(F)(F)C(F)(F)C(F)(F)F. The average Bonchev–Trinajstić information content (AvgIpc) is 3.22. The number of hydrogen-bond donors (Lipinski definition) is 0. The fourth-order valence-electron chi connectivity index (χ4n) is 7.40. The molecular weight excluding hydrogens is 1130 g/mol. The minimum Gasteiger partial charge on any atom is -0.200 e. The molecule has 0 N–H and O–H groups in total. The molecule has 0 aliphatic heterocycles. The molecule has 446 valence electrons. The molecular formula is C40H48F34. The smallest absolute Gasteiger partial charge is 0.200 e. The van der Waals surface area contributed by atoms with Crippen LogP contribution >= 0.6 is 0 Å². The quantitative estimate of drug-likeness (QED) is 0.0438. The predicted molar refractivity (Wildman–Crippen MR) is 192 cm³/mol. The number of unbranched alkanes of at least 4 members (excludes halogenated alkanes) is 14. The predicted octanol–water partition coefficient (Wildman–Crippen LogP) is 20.1. The molecule has 2 atom stereocenters. The summed E-state index contributed by atoms with van der Waals surface area (Å²) in [6.07, 6.45) is -26.2. The van der Waals surface area contributed by atoms with Gasteiger partial charge in [0.15, 0.2) is 0 Å². The van der Waals surface area contributed by atoms with E-state index in [-0.39, 0.29) is 25.7 Å². The van der Waals surface area contributed by atoms with Gasteiger partial charge in [0.05, 0.1) is 0 Å². The zero-order chi connectivity index (χ0) is 59.3. The van der Waals surface area contributed by atoms with E-state index in [0.29, 0.717) is 51.4 Å². The van der Waals surface area contributed by atoms with Crippen LogP contribution in [0, 0.1) is 11.8 Å². The Bertz CT molecular complexity index is 1570. The third-order valence-corrected chi connectivity index (χ3v) is 12.1. The fourth-order valence-corrected chi connectivity index (χ4v) is 7.40. The van der Waals surface area contributed by atoms with Crippen molar-refractivity contribution in [1.29, 1.82) is 0 Å². The minimum absolute atomic E-state index is 0.111. The van der Waals surface area contributed by atoms with Crippen molar-refractivity contribution < 1.29 is 149 Å². The van der Waals surface area contributed by atoms with E-state index < -0.39 is 158 Å². The van der Waals surface area contributed by atoms with Crippen LogP contribution in [-0.4, -0.2) is 95.3 Å². The van der Waals surface area contributed by atoms with Gasteiger partial charge in [-0.05, 0) is 24.7 Å². The molecule has 0 fully saturated rings. The monoisotopic (exact) mass is 1170 g/mol. The van der Waals surface area contributed by atoms with Crippen molar-refractivity contribution in [3.05, 3.63) is 0 Å². The fraction of sp³-hybridized carbons (Fsp3) is 1.00. The second-order valence-corrected chi connectivity index (χ2v) is 17.8. The summed E-state index contributed by atoms with van der Waals surface area (Å²) in [6, 6.07) is 0. The Morgan fingerprint density at radius 2 is 0.365 bits per heavy atom. The maximum atomic E-state index is 15.5. The average molecular weight is 1170 g/mol. The second-order valence-electron chi connectivity index (χ2n) is 17.8. The molecule has 0 heterocycles. The molecule has 0 bridgehead atoms. The third-order valence-electron chi connectivity index (χ3n) is 12.1. The van der Waals surface area contributed by atoms with E-state index in [1.54, 1.807) is 13.8 Å². The van der Waals surface area contributed by atoms with Gasteiger partial charge < -0.3 is 0 Å². The molecule has 0 aliphatic carbocycles. The van der Waals surface area contributed by atoms with Crippen LogP contribution < -0.4 is 0 Å². The molecule has 2 unspecified atom stereocenters. The maximum absolute atomic E-state index is 15.5. The van der Waals surface area contributed by atoms with Crippen LogP contribution in [-0.2, 0) is 0 Å². The number of halogens is 34. The second kappa shape index (κ2) is 23.9. The Hall–Kier alpha value is -2.38. The van der Waals surface area contributed by atoms with Gasteiger partial charge in [0.1, 0.15) is 0 Å². The molecule has 0 spiro atoms. The van der Waals surface area contributed by atoms with Crippen molar-refractivity contribution in [3.63, 3.8) is 0 Å². The molecule has 0 amide bonds. The zero-order valence-electron chi connectivity index (χ0n) is 38.1. The van der Waals surface area contributed by atoms with E-state index >= 15 is 35.1 Å². The van der Waals surface area contributed by atoms with E-state index in [2.05, 4.69) is 0 Å². The van der Waals surface area contributed by atoms with Gasteiger partial charge in [-0.15, -0.1) is 0 Å². The standard InChI is InChI=1S/C40H48F34/c1-3-5-7-9-11-13-15-17-19-23(21-25(41,42)27(45,46)29(49,50)31(53,54)33(57,58)35(61,62)37(65,66)39(69,70)71)24(20-18-16-14-12-10-8-6-4-2)22-26(43,44)28(47,48)30(51,52)32(55,56)34(59,60)36(63,64)38(67,68)40(72,73)74/h23-24H,3-22H2,1-2H3. The summed E-state index contributed by atoms with van der Waals surface area (Å²) in [6.45, 7) is 3.40. The molecule has 0 saturated heterocycles. The highest BCUT2D eigenvalue weighted by Crippen LogP contribution is 2.67. The molecule has 0 rings (SSSR count). The Labute approximate surface area is 399 Å². The van der Waals surface area contributed by atoms with Gasteiger partial charge in [-0.2, -0.15) is 149 Å². The highest BCUT2D eigenvalue weighted by Gasteiger charge is 2.97. The van der Waals surface area contributed by atoms with Crippen molar-refractivity contribution in [3.8, 4) is 0 Å². The minimum atomic E-state index is -9.19. The molecule has 0 aliphatic rings. The molecule has 0 saturated carbocycles. The number of alkyl halides is 34. The topological polar surface area (TPSA) is 0 Å². The lowest BCUT2D eigenvalue weighted by Gasteiger charge is -2.44. The van der Waals surface area contributed by atoms with Crippen LogP contribution in [0.15, 0.2) is 0 Å². The highest BCUT2D eigenvalue weighted by molar-refractivity contribution is 5.17. The molecule has 0 nitrogen and oxygen atoms in total. The van der Waals surface area contributed by atoms with Crippen molar-refractivity contribution in [2.75, 3.05) is 0 Å². The van der Waals surface area contributed by atoms with Gasteiger partial charge in [-0.25, -0.2) is 0 Å². The van der Waals surface area contributed by atoms with Gasteiger partial charge in [0, 0.05) is 12.8 Å². The van der Waals surface area contributed by atoms with E-state index in [1.165, 1.54) is 0 Å². The van der Waals surface area contributed by atoms with E-state index in [0.717, 1.165) is 0 Å². The van der Waals surface area contributed by atoms with E-state index in [1.807, 2.05) is 0 Å². The van der Waals surface area contributed by atoms with Crippen molar-refractivity contribution in [2.24, 2.45) is 11.8 Å². The normalized spacial score (nSPS) is 16.5. The first kappa shape index (κ1) is 71.6. The van der Waals surface area contributed by atoms with E-state index in [4.69, 9.17) is 0 Å². The summed E-state index contributed by atoms with van der Waals surface area (Å²) in [7, 11) is 0. The third kappa shape index (κ3) is 13.2. The van der Waals surface area contributed by atoms with Crippen LogP contribution in [0.1, 0.15) is 142 Å². The summed E-state index contributed by atoms with van der Waals surface area (Å²) in [5.74, 6) is -129.